The summed E-state index contributed by atoms with van der Waals surface area (Å²) in [7, 11) is 0. The Morgan fingerprint density at radius 2 is 2.00 bits per heavy atom. The summed E-state index contributed by atoms with van der Waals surface area (Å²) in [5, 5.41) is 21.8. The van der Waals surface area contributed by atoms with E-state index in [1.54, 1.807) is 12.3 Å². The van der Waals surface area contributed by atoms with E-state index in [1.807, 2.05) is 29.6 Å². The van der Waals surface area contributed by atoms with Crippen molar-refractivity contribution in [2.45, 2.75) is 32.4 Å². The Balaban J connectivity index is 1.87. The van der Waals surface area contributed by atoms with Crippen LogP contribution in [-0.4, -0.2) is 32.8 Å². The molecule has 26 heavy (non-hydrogen) atoms. The summed E-state index contributed by atoms with van der Waals surface area (Å²) in [6, 6.07) is 7.65. The zero-order valence-electron chi connectivity index (χ0n) is 14.9. The van der Waals surface area contributed by atoms with Gasteiger partial charge in [-0.2, -0.15) is 0 Å². The number of hydrogen-bond donors (Lipinski definition) is 4. The molecular weight excluding hydrogens is 328 g/mol. The summed E-state index contributed by atoms with van der Waals surface area (Å²) in [6.45, 7) is 3.66. The van der Waals surface area contributed by atoms with E-state index >= 15 is 0 Å². The molecule has 7 heteroatoms. The molecule has 7 nitrogen and oxygen atoms in total. The quantitative estimate of drug-likeness (QED) is 0.464. The Hall–Kier alpha value is -2.64. The van der Waals surface area contributed by atoms with Crippen LogP contribution in [0.25, 0.3) is 16.9 Å². The fraction of sp³-hybridized carbons (Fsp3) is 0.368. The van der Waals surface area contributed by atoms with E-state index in [-0.39, 0.29) is 0 Å². The van der Waals surface area contributed by atoms with Gasteiger partial charge in [-0.25, -0.2) is 9.50 Å². The van der Waals surface area contributed by atoms with Crippen LogP contribution in [0.5, 0.6) is 0 Å². The molecule has 1 unspecified atom stereocenters. The van der Waals surface area contributed by atoms with E-state index in [2.05, 4.69) is 15.6 Å². The van der Waals surface area contributed by atoms with Crippen molar-refractivity contribution in [3.8, 4) is 11.3 Å². The zero-order valence-corrected chi connectivity index (χ0v) is 14.9. The number of anilines is 2. The third-order valence-corrected chi connectivity index (χ3v) is 4.74. The maximum Gasteiger partial charge on any atom is 0.157 e. The molecule has 1 aromatic carbocycles. The SMILES string of the molecule is Cc1cc2nn3c(cnc13)-c1cc(N)cc(c1)C(O)NCCCCCN2. The van der Waals surface area contributed by atoms with E-state index in [1.165, 1.54) is 0 Å². The van der Waals surface area contributed by atoms with Gasteiger partial charge in [-0.1, -0.05) is 6.42 Å². The highest BCUT2D eigenvalue weighted by Gasteiger charge is 2.15. The molecule has 4 bridgehead atoms. The number of aromatic nitrogens is 3. The van der Waals surface area contributed by atoms with Crippen LogP contribution in [0.3, 0.4) is 0 Å². The Kier molecular flexibility index (Phi) is 4.48. The molecule has 136 valence electrons. The standard InChI is InChI=1S/C19H24N6O/c1-12-7-17-21-5-3-2-4-6-22-19(26)14-8-13(9-15(20)10-14)16-11-23-18(12)25(16)24-17/h7-11,19,22,26H,2-6,20H2,1H3,(H,21,24). The van der Waals surface area contributed by atoms with Crippen LogP contribution in [0.2, 0.25) is 0 Å². The van der Waals surface area contributed by atoms with Crippen LogP contribution in [-0.2, 0) is 0 Å². The van der Waals surface area contributed by atoms with Gasteiger partial charge in [0.2, 0.25) is 0 Å². The highest BCUT2D eigenvalue weighted by molar-refractivity contribution is 5.69. The number of nitrogens with two attached hydrogens (primary N) is 1. The summed E-state index contributed by atoms with van der Waals surface area (Å²) in [4.78, 5) is 4.52. The Morgan fingerprint density at radius 1 is 1.15 bits per heavy atom. The molecule has 1 aliphatic heterocycles. The molecule has 0 saturated carbocycles. The van der Waals surface area contributed by atoms with E-state index in [9.17, 15) is 5.11 Å². The zero-order chi connectivity index (χ0) is 18.1. The van der Waals surface area contributed by atoms with Gasteiger partial charge in [0.05, 0.1) is 11.9 Å². The third-order valence-electron chi connectivity index (χ3n) is 4.74. The van der Waals surface area contributed by atoms with Crippen molar-refractivity contribution >= 4 is 17.2 Å². The van der Waals surface area contributed by atoms with Crippen LogP contribution in [0.4, 0.5) is 11.5 Å². The molecule has 0 spiro atoms. The number of hydrogen-bond acceptors (Lipinski definition) is 6. The largest absolute Gasteiger partial charge is 0.399 e. The van der Waals surface area contributed by atoms with Crippen molar-refractivity contribution in [3.05, 3.63) is 41.6 Å². The fourth-order valence-corrected chi connectivity index (χ4v) is 3.39. The molecule has 0 amide bonds. The first-order valence-electron chi connectivity index (χ1n) is 9.03. The minimum absolute atomic E-state index is 0.601. The first-order chi connectivity index (χ1) is 12.6. The Bertz CT molecular complexity index is 935. The lowest BCUT2D eigenvalue weighted by Gasteiger charge is -2.15. The average molecular weight is 352 g/mol. The lowest BCUT2D eigenvalue weighted by atomic mass is 10.1. The summed E-state index contributed by atoms with van der Waals surface area (Å²) >= 11 is 0. The number of benzene rings is 1. The minimum atomic E-state index is -0.745. The van der Waals surface area contributed by atoms with E-state index in [4.69, 9.17) is 10.8 Å². The van der Waals surface area contributed by atoms with Crippen LogP contribution >= 0.6 is 0 Å². The molecule has 3 aromatic rings. The fourth-order valence-electron chi connectivity index (χ4n) is 3.39. The predicted molar refractivity (Wildman–Crippen MR) is 103 cm³/mol. The van der Waals surface area contributed by atoms with Gasteiger partial charge in [-0.3, -0.25) is 5.32 Å². The average Bonchev–Trinajstić information content (AvgIpc) is 3.04. The molecule has 3 heterocycles. The molecule has 0 saturated heterocycles. The van der Waals surface area contributed by atoms with Crippen LogP contribution in [0.1, 0.15) is 36.6 Å². The summed E-state index contributed by atoms with van der Waals surface area (Å²) in [5.74, 6) is 0.839. The van der Waals surface area contributed by atoms with Crippen molar-refractivity contribution in [1.29, 1.82) is 0 Å². The number of aliphatic hydroxyl groups excluding tert-OH is 1. The van der Waals surface area contributed by atoms with Crippen LogP contribution < -0.4 is 16.4 Å². The number of nitrogens with zero attached hydrogens (tertiary/aromatic N) is 3. The second kappa shape index (κ2) is 6.93. The number of nitrogens with one attached hydrogen (secondary N) is 2. The van der Waals surface area contributed by atoms with Gasteiger partial charge < -0.3 is 16.2 Å². The van der Waals surface area contributed by atoms with E-state index < -0.39 is 6.23 Å². The van der Waals surface area contributed by atoms with Gasteiger partial charge in [0.25, 0.3) is 0 Å². The molecule has 1 atom stereocenters. The van der Waals surface area contributed by atoms with Crippen LogP contribution in [0, 0.1) is 6.92 Å². The highest BCUT2D eigenvalue weighted by atomic mass is 16.3. The molecule has 0 fully saturated rings. The van der Waals surface area contributed by atoms with Crippen molar-refractivity contribution in [2.24, 2.45) is 0 Å². The second-order valence-electron chi connectivity index (χ2n) is 6.82. The van der Waals surface area contributed by atoms with Crippen molar-refractivity contribution < 1.29 is 5.11 Å². The first-order valence-corrected chi connectivity index (χ1v) is 9.03. The molecule has 4 rings (SSSR count). The van der Waals surface area contributed by atoms with E-state index in [0.29, 0.717) is 5.69 Å². The maximum absolute atomic E-state index is 10.5. The smallest absolute Gasteiger partial charge is 0.157 e. The number of nitrogen functional groups attached to an aromatic ring is 1. The van der Waals surface area contributed by atoms with Gasteiger partial charge >= 0.3 is 0 Å². The topological polar surface area (TPSA) is 100 Å². The van der Waals surface area contributed by atoms with Crippen molar-refractivity contribution in [2.75, 3.05) is 24.1 Å². The van der Waals surface area contributed by atoms with Gasteiger partial charge in [0.1, 0.15) is 12.0 Å². The summed E-state index contributed by atoms with van der Waals surface area (Å²) < 4.78 is 1.84. The molecule has 2 aromatic heterocycles. The molecule has 1 aliphatic rings. The molecule has 0 radical (unpaired) electrons. The highest BCUT2D eigenvalue weighted by Crippen LogP contribution is 2.28. The number of rotatable bonds is 0. The molecule has 0 aliphatic carbocycles. The lowest BCUT2D eigenvalue weighted by molar-refractivity contribution is 0.139. The van der Waals surface area contributed by atoms with Gasteiger partial charge in [-0.15, -0.1) is 5.10 Å². The van der Waals surface area contributed by atoms with Crippen LogP contribution in [0.15, 0.2) is 30.5 Å². The number of fused-ring (bicyclic) bond motifs is 4. The molecular formula is C19H24N6O. The molecule has 5 N–H and O–H groups in total. The van der Waals surface area contributed by atoms with Crippen molar-refractivity contribution in [1.82, 2.24) is 19.9 Å². The number of aryl methyl sites for hydroxylation is 1. The summed E-state index contributed by atoms with van der Waals surface area (Å²) in [6.07, 6.45) is 4.18. The maximum atomic E-state index is 10.5. The minimum Gasteiger partial charge on any atom is -0.399 e. The normalized spacial score (nSPS) is 18.3. The lowest BCUT2D eigenvalue weighted by Crippen LogP contribution is -2.22. The van der Waals surface area contributed by atoms with Gasteiger partial charge in [-0.05, 0) is 61.7 Å². The Labute approximate surface area is 152 Å². The second-order valence-corrected chi connectivity index (χ2v) is 6.82. The van der Waals surface area contributed by atoms with Crippen molar-refractivity contribution in [3.63, 3.8) is 0 Å². The monoisotopic (exact) mass is 352 g/mol. The number of imidazole rings is 1. The third kappa shape index (κ3) is 3.23. The number of aliphatic hydroxyl groups is 1. The summed E-state index contributed by atoms with van der Waals surface area (Å²) in [5.41, 5.74) is 11.1. The first kappa shape index (κ1) is 16.8. The Morgan fingerprint density at radius 3 is 2.88 bits per heavy atom. The van der Waals surface area contributed by atoms with Gasteiger partial charge in [0.15, 0.2) is 5.65 Å². The van der Waals surface area contributed by atoms with Gasteiger partial charge in [0, 0.05) is 17.8 Å². The van der Waals surface area contributed by atoms with E-state index in [0.717, 1.165) is 66.2 Å². The predicted octanol–water partition coefficient (Wildman–Crippen LogP) is 2.46.